The maximum atomic E-state index is 12.1. The average Bonchev–Trinajstić information content (AvgIpc) is 2.39. The summed E-state index contributed by atoms with van der Waals surface area (Å²) in [7, 11) is 0. The van der Waals surface area contributed by atoms with Gasteiger partial charge in [-0.1, -0.05) is 12.8 Å². The monoisotopic (exact) mass is 271 g/mol. The Balaban J connectivity index is 2.01. The Kier molecular flexibility index (Phi) is 4.42. The summed E-state index contributed by atoms with van der Waals surface area (Å²) in [5, 5.41) is 12.2. The summed E-state index contributed by atoms with van der Waals surface area (Å²) in [6.07, 6.45) is 2.49. The van der Waals surface area contributed by atoms with Gasteiger partial charge < -0.3 is 19.9 Å². The molecule has 1 aliphatic heterocycles. The Morgan fingerprint density at radius 1 is 1.32 bits per heavy atom. The summed E-state index contributed by atoms with van der Waals surface area (Å²) in [6, 6.07) is 0. The van der Waals surface area contributed by atoms with Gasteiger partial charge in [0.15, 0.2) is 6.10 Å². The molecule has 2 N–H and O–H groups in total. The minimum absolute atomic E-state index is 0.236. The summed E-state index contributed by atoms with van der Waals surface area (Å²) < 4.78 is 10.5. The van der Waals surface area contributed by atoms with Crippen molar-refractivity contribution in [2.24, 2.45) is 5.92 Å². The molecule has 19 heavy (non-hydrogen) atoms. The van der Waals surface area contributed by atoms with E-state index < -0.39 is 23.5 Å². The highest BCUT2D eigenvalue weighted by atomic mass is 16.6. The number of carboxylic acid groups (broad SMARTS) is 1. The van der Waals surface area contributed by atoms with Crippen molar-refractivity contribution in [3.63, 3.8) is 0 Å². The van der Waals surface area contributed by atoms with Crippen molar-refractivity contribution in [2.75, 3.05) is 19.8 Å². The van der Waals surface area contributed by atoms with Gasteiger partial charge in [0.2, 0.25) is 0 Å². The third-order valence-electron chi connectivity index (χ3n) is 4.02. The topological polar surface area (TPSA) is 84.9 Å². The van der Waals surface area contributed by atoms with Crippen LogP contribution in [0.1, 0.15) is 32.6 Å². The van der Waals surface area contributed by atoms with Gasteiger partial charge in [-0.2, -0.15) is 0 Å². The van der Waals surface area contributed by atoms with Gasteiger partial charge in [-0.3, -0.25) is 9.59 Å². The molecular formula is C13H21NO5. The summed E-state index contributed by atoms with van der Waals surface area (Å²) in [4.78, 5) is 23.5. The molecule has 0 aromatic heterocycles. The number of amides is 1. The van der Waals surface area contributed by atoms with Crippen LogP contribution in [-0.2, 0) is 19.1 Å². The predicted molar refractivity (Wildman–Crippen MR) is 66.7 cm³/mol. The predicted octanol–water partition coefficient (Wildman–Crippen LogP) is 0.551. The lowest BCUT2D eigenvalue weighted by Gasteiger charge is -2.40. The van der Waals surface area contributed by atoms with Crippen LogP contribution in [0, 0.1) is 5.92 Å². The number of hydrogen-bond acceptors (Lipinski definition) is 4. The third kappa shape index (κ3) is 3.25. The van der Waals surface area contributed by atoms with Crippen molar-refractivity contribution in [3.05, 3.63) is 0 Å². The van der Waals surface area contributed by atoms with E-state index in [1.54, 1.807) is 0 Å². The van der Waals surface area contributed by atoms with E-state index in [1.165, 1.54) is 0 Å². The van der Waals surface area contributed by atoms with E-state index in [9.17, 15) is 14.7 Å². The Labute approximate surface area is 112 Å². The van der Waals surface area contributed by atoms with Crippen molar-refractivity contribution >= 4 is 11.9 Å². The van der Waals surface area contributed by atoms with Gasteiger partial charge in [-0.25, -0.2) is 0 Å². The fourth-order valence-electron chi connectivity index (χ4n) is 2.88. The number of hydrogen-bond donors (Lipinski definition) is 2. The first-order valence-corrected chi connectivity index (χ1v) is 6.77. The molecule has 108 valence electrons. The Hall–Kier alpha value is -1.14. The maximum Gasteiger partial charge on any atom is 0.308 e. The van der Waals surface area contributed by atoms with E-state index >= 15 is 0 Å². The van der Waals surface area contributed by atoms with Crippen LogP contribution in [0.4, 0.5) is 0 Å². The van der Waals surface area contributed by atoms with Crippen molar-refractivity contribution in [1.29, 1.82) is 0 Å². The summed E-state index contributed by atoms with van der Waals surface area (Å²) in [5.41, 5.74) is -0.692. The molecule has 0 radical (unpaired) electrons. The lowest BCUT2D eigenvalue weighted by atomic mass is 9.74. The molecule has 0 bridgehead atoms. The second-order valence-corrected chi connectivity index (χ2v) is 5.48. The van der Waals surface area contributed by atoms with Crippen LogP contribution >= 0.6 is 0 Å². The number of aliphatic carboxylic acids is 1. The lowest BCUT2D eigenvalue weighted by molar-refractivity contribution is -0.153. The van der Waals surface area contributed by atoms with Gasteiger partial charge in [0, 0.05) is 0 Å². The summed E-state index contributed by atoms with van der Waals surface area (Å²) in [6.45, 7) is 2.95. The summed E-state index contributed by atoms with van der Waals surface area (Å²) in [5.74, 6) is -1.65. The molecule has 2 rings (SSSR count). The Morgan fingerprint density at radius 3 is 2.74 bits per heavy atom. The van der Waals surface area contributed by atoms with Crippen LogP contribution in [0.25, 0.3) is 0 Å². The first kappa shape index (κ1) is 14.3. The number of ether oxygens (including phenoxy) is 2. The largest absolute Gasteiger partial charge is 0.481 e. The number of carbonyl (C=O) groups is 2. The van der Waals surface area contributed by atoms with Crippen LogP contribution in [0.2, 0.25) is 0 Å². The van der Waals surface area contributed by atoms with Crippen molar-refractivity contribution in [2.45, 2.75) is 44.2 Å². The van der Waals surface area contributed by atoms with Crippen LogP contribution in [-0.4, -0.2) is 48.4 Å². The number of carboxylic acids is 1. The van der Waals surface area contributed by atoms with Gasteiger partial charge in [-0.05, 0) is 19.8 Å². The Bertz CT molecular complexity index is 353. The van der Waals surface area contributed by atoms with Gasteiger partial charge in [0.1, 0.15) is 0 Å². The number of nitrogens with one attached hydrogen (secondary N) is 1. The molecule has 1 aliphatic carbocycles. The van der Waals surface area contributed by atoms with Gasteiger partial charge in [0.05, 0.1) is 31.3 Å². The van der Waals surface area contributed by atoms with E-state index in [1.807, 2.05) is 6.92 Å². The standard InChI is InChI=1S/C13H21NO5/c1-13(5-3-2-4-9(13)12(16)17)14-11(15)10-8-18-6-7-19-10/h9-10H,2-8H2,1H3,(H,14,15)(H,16,17)/t9-,10+,13-/m0/s1. The van der Waals surface area contributed by atoms with Crippen LogP contribution in [0.3, 0.4) is 0 Å². The van der Waals surface area contributed by atoms with E-state index in [0.29, 0.717) is 26.1 Å². The molecule has 0 spiro atoms. The average molecular weight is 271 g/mol. The first-order chi connectivity index (χ1) is 9.03. The SMILES string of the molecule is C[C@]1(NC(=O)[C@H]2COCCO2)CCCC[C@H]1C(=O)O. The van der Waals surface area contributed by atoms with Crippen molar-refractivity contribution < 1.29 is 24.2 Å². The third-order valence-corrected chi connectivity index (χ3v) is 4.02. The molecule has 2 fully saturated rings. The van der Waals surface area contributed by atoms with Crippen LogP contribution < -0.4 is 5.32 Å². The normalized spacial score (nSPS) is 35.6. The minimum atomic E-state index is -0.844. The summed E-state index contributed by atoms with van der Waals surface area (Å²) >= 11 is 0. The Morgan fingerprint density at radius 2 is 2.11 bits per heavy atom. The van der Waals surface area contributed by atoms with Crippen LogP contribution in [0.5, 0.6) is 0 Å². The maximum absolute atomic E-state index is 12.1. The molecule has 3 atom stereocenters. The number of carbonyl (C=O) groups excluding carboxylic acids is 1. The molecule has 0 aromatic rings. The molecular weight excluding hydrogens is 250 g/mol. The zero-order valence-corrected chi connectivity index (χ0v) is 11.2. The fourth-order valence-corrected chi connectivity index (χ4v) is 2.88. The molecule has 6 nitrogen and oxygen atoms in total. The molecule has 2 aliphatic rings. The van der Waals surface area contributed by atoms with Crippen LogP contribution in [0.15, 0.2) is 0 Å². The number of rotatable bonds is 3. The van der Waals surface area contributed by atoms with Gasteiger partial charge in [-0.15, -0.1) is 0 Å². The lowest BCUT2D eigenvalue weighted by Crippen LogP contribution is -2.58. The second-order valence-electron chi connectivity index (χ2n) is 5.48. The van der Waals surface area contributed by atoms with Gasteiger partial charge in [0.25, 0.3) is 5.91 Å². The molecule has 0 aromatic carbocycles. The van der Waals surface area contributed by atoms with E-state index in [4.69, 9.17) is 9.47 Å². The second kappa shape index (κ2) is 5.88. The quantitative estimate of drug-likeness (QED) is 0.783. The highest BCUT2D eigenvalue weighted by Gasteiger charge is 2.43. The van der Waals surface area contributed by atoms with Crippen molar-refractivity contribution in [3.8, 4) is 0 Å². The molecule has 1 saturated heterocycles. The highest BCUT2D eigenvalue weighted by Crippen LogP contribution is 2.34. The van der Waals surface area contributed by atoms with E-state index in [2.05, 4.69) is 5.32 Å². The van der Waals surface area contributed by atoms with E-state index in [-0.39, 0.29) is 12.5 Å². The zero-order valence-electron chi connectivity index (χ0n) is 11.2. The molecule has 6 heteroatoms. The fraction of sp³-hybridized carbons (Fsp3) is 0.846. The zero-order chi connectivity index (χ0) is 13.9. The molecule has 0 unspecified atom stereocenters. The highest BCUT2D eigenvalue weighted by molar-refractivity contribution is 5.83. The van der Waals surface area contributed by atoms with Gasteiger partial charge >= 0.3 is 5.97 Å². The van der Waals surface area contributed by atoms with Crippen molar-refractivity contribution in [1.82, 2.24) is 5.32 Å². The smallest absolute Gasteiger partial charge is 0.308 e. The first-order valence-electron chi connectivity index (χ1n) is 6.77. The molecule has 1 saturated carbocycles. The van der Waals surface area contributed by atoms with E-state index in [0.717, 1.165) is 12.8 Å². The molecule has 1 amide bonds. The molecule has 1 heterocycles. The minimum Gasteiger partial charge on any atom is -0.481 e.